The molecule has 0 aromatic heterocycles. The molecule has 1 aromatic carbocycles. The lowest BCUT2D eigenvalue weighted by molar-refractivity contribution is -0.157. The van der Waals surface area contributed by atoms with Crippen LogP contribution in [-0.4, -0.2) is 48.7 Å². The van der Waals surface area contributed by atoms with Crippen LogP contribution < -0.4 is 5.32 Å². The fraction of sp³-hybridized carbons (Fsp3) is 0.556. The molecular formula is C18H22N2O4. The van der Waals surface area contributed by atoms with Crippen molar-refractivity contribution in [3.05, 3.63) is 35.9 Å². The van der Waals surface area contributed by atoms with E-state index in [2.05, 4.69) is 5.32 Å². The zero-order valence-electron chi connectivity index (χ0n) is 13.6. The van der Waals surface area contributed by atoms with Gasteiger partial charge in [0.25, 0.3) is 0 Å². The number of amides is 2. The minimum Gasteiger partial charge on any atom is -0.445 e. The second-order valence-electron chi connectivity index (χ2n) is 7.15. The SMILES string of the molecule is O=C1CC2(COC2)C2(CCCN(C(=O)OCc3ccccc3)C2)N1. The van der Waals surface area contributed by atoms with E-state index in [4.69, 9.17) is 9.47 Å². The molecule has 0 aliphatic carbocycles. The molecule has 3 heterocycles. The molecule has 3 fully saturated rings. The van der Waals surface area contributed by atoms with E-state index >= 15 is 0 Å². The number of benzene rings is 1. The highest BCUT2D eigenvalue weighted by Gasteiger charge is 2.63. The number of carbonyl (C=O) groups is 2. The molecule has 6 heteroatoms. The van der Waals surface area contributed by atoms with Crippen molar-refractivity contribution in [2.45, 2.75) is 31.4 Å². The summed E-state index contributed by atoms with van der Waals surface area (Å²) in [4.78, 5) is 26.2. The Morgan fingerprint density at radius 1 is 1.29 bits per heavy atom. The van der Waals surface area contributed by atoms with Crippen LogP contribution in [0.5, 0.6) is 0 Å². The van der Waals surface area contributed by atoms with Gasteiger partial charge in [-0.15, -0.1) is 0 Å². The normalized spacial score (nSPS) is 27.8. The van der Waals surface area contributed by atoms with Gasteiger partial charge in [-0.3, -0.25) is 4.79 Å². The largest absolute Gasteiger partial charge is 0.445 e. The number of piperidine rings is 1. The summed E-state index contributed by atoms with van der Waals surface area (Å²) in [6, 6.07) is 9.65. The van der Waals surface area contributed by atoms with E-state index in [0.717, 1.165) is 18.4 Å². The lowest BCUT2D eigenvalue weighted by Gasteiger charge is -2.53. The van der Waals surface area contributed by atoms with Gasteiger partial charge in [-0.05, 0) is 18.4 Å². The topological polar surface area (TPSA) is 67.9 Å². The highest BCUT2D eigenvalue weighted by atomic mass is 16.6. The third kappa shape index (κ3) is 2.45. The summed E-state index contributed by atoms with van der Waals surface area (Å²) >= 11 is 0. The Morgan fingerprint density at radius 3 is 2.79 bits per heavy atom. The summed E-state index contributed by atoms with van der Waals surface area (Å²) in [5, 5.41) is 3.15. The standard InChI is InChI=1S/C18H22N2O4/c21-15-9-17(12-23-13-17)18(19-15)7-4-8-20(11-18)16(22)24-10-14-5-2-1-3-6-14/h1-3,5-6H,4,7-13H2,(H,19,21). The number of likely N-dealkylation sites (tertiary alicyclic amines) is 1. The van der Waals surface area contributed by atoms with Crippen molar-refractivity contribution in [3.63, 3.8) is 0 Å². The summed E-state index contributed by atoms with van der Waals surface area (Å²) in [6.07, 6.45) is 1.95. The van der Waals surface area contributed by atoms with Crippen LogP contribution in [0.4, 0.5) is 4.79 Å². The third-order valence-electron chi connectivity index (χ3n) is 5.61. The van der Waals surface area contributed by atoms with Crippen LogP contribution in [0.15, 0.2) is 30.3 Å². The maximum absolute atomic E-state index is 12.5. The lowest BCUT2D eigenvalue weighted by Crippen LogP contribution is -2.68. The predicted molar refractivity (Wildman–Crippen MR) is 86.2 cm³/mol. The van der Waals surface area contributed by atoms with Crippen molar-refractivity contribution in [1.29, 1.82) is 0 Å². The number of nitrogens with zero attached hydrogens (tertiary/aromatic N) is 1. The molecule has 0 bridgehead atoms. The van der Waals surface area contributed by atoms with Crippen molar-refractivity contribution in [2.75, 3.05) is 26.3 Å². The third-order valence-corrected chi connectivity index (χ3v) is 5.61. The summed E-state index contributed by atoms with van der Waals surface area (Å²) in [5.41, 5.74) is 0.463. The molecule has 3 aliphatic rings. The molecule has 6 nitrogen and oxygen atoms in total. The predicted octanol–water partition coefficient (Wildman–Crippen LogP) is 1.69. The zero-order valence-corrected chi connectivity index (χ0v) is 13.6. The van der Waals surface area contributed by atoms with Crippen LogP contribution in [-0.2, 0) is 20.9 Å². The van der Waals surface area contributed by atoms with Crippen molar-refractivity contribution in [2.24, 2.45) is 5.41 Å². The second kappa shape index (κ2) is 5.77. The van der Waals surface area contributed by atoms with Gasteiger partial charge in [-0.2, -0.15) is 0 Å². The fourth-order valence-corrected chi connectivity index (χ4v) is 4.20. The maximum atomic E-state index is 12.5. The van der Waals surface area contributed by atoms with Gasteiger partial charge in [0.15, 0.2) is 0 Å². The Balaban J connectivity index is 1.43. The number of hydrogen-bond acceptors (Lipinski definition) is 4. The average molecular weight is 330 g/mol. The molecule has 1 atom stereocenters. The Labute approximate surface area is 141 Å². The Hall–Kier alpha value is -2.08. The van der Waals surface area contributed by atoms with Crippen LogP contribution in [0.3, 0.4) is 0 Å². The van der Waals surface area contributed by atoms with E-state index in [1.54, 1.807) is 4.90 Å². The van der Waals surface area contributed by atoms with E-state index in [9.17, 15) is 9.59 Å². The quantitative estimate of drug-likeness (QED) is 0.896. The minimum absolute atomic E-state index is 0.0674. The van der Waals surface area contributed by atoms with E-state index in [0.29, 0.717) is 32.7 Å². The van der Waals surface area contributed by atoms with Crippen LogP contribution in [0.25, 0.3) is 0 Å². The van der Waals surface area contributed by atoms with Gasteiger partial charge in [0.05, 0.1) is 24.2 Å². The maximum Gasteiger partial charge on any atom is 0.410 e. The van der Waals surface area contributed by atoms with E-state index in [1.807, 2.05) is 30.3 Å². The van der Waals surface area contributed by atoms with Gasteiger partial charge >= 0.3 is 6.09 Å². The summed E-state index contributed by atoms with van der Waals surface area (Å²) in [5.74, 6) is 0.0674. The number of hydrogen-bond donors (Lipinski definition) is 1. The number of fused-ring (bicyclic) bond motifs is 1. The molecule has 1 N–H and O–H groups in total. The van der Waals surface area contributed by atoms with Gasteiger partial charge in [0, 0.05) is 19.5 Å². The Morgan fingerprint density at radius 2 is 2.08 bits per heavy atom. The first-order valence-corrected chi connectivity index (χ1v) is 8.47. The number of nitrogens with one attached hydrogen (secondary N) is 1. The highest BCUT2D eigenvalue weighted by Crippen LogP contribution is 2.50. The molecule has 2 amide bonds. The van der Waals surface area contributed by atoms with Crippen LogP contribution >= 0.6 is 0 Å². The second-order valence-corrected chi connectivity index (χ2v) is 7.15. The first kappa shape index (κ1) is 15.4. The smallest absolute Gasteiger partial charge is 0.410 e. The number of ether oxygens (including phenoxy) is 2. The molecular weight excluding hydrogens is 308 g/mol. The van der Waals surface area contributed by atoms with Crippen molar-refractivity contribution >= 4 is 12.0 Å². The molecule has 24 heavy (non-hydrogen) atoms. The van der Waals surface area contributed by atoms with E-state index in [-0.39, 0.29) is 29.6 Å². The molecule has 3 aliphatic heterocycles. The van der Waals surface area contributed by atoms with Crippen LogP contribution in [0.2, 0.25) is 0 Å². The first-order chi connectivity index (χ1) is 11.6. The Kier molecular flexibility index (Phi) is 3.72. The summed E-state index contributed by atoms with van der Waals surface area (Å²) in [7, 11) is 0. The van der Waals surface area contributed by atoms with Crippen LogP contribution in [0, 0.1) is 5.41 Å². The van der Waals surface area contributed by atoms with Crippen molar-refractivity contribution < 1.29 is 19.1 Å². The average Bonchev–Trinajstić information content (AvgIpc) is 2.85. The van der Waals surface area contributed by atoms with Gasteiger partial charge in [-0.25, -0.2) is 4.79 Å². The zero-order chi connectivity index (χ0) is 16.6. The molecule has 0 saturated carbocycles. The molecule has 3 saturated heterocycles. The molecule has 4 rings (SSSR count). The van der Waals surface area contributed by atoms with E-state index < -0.39 is 0 Å². The molecule has 1 aromatic rings. The minimum atomic E-state index is -0.355. The van der Waals surface area contributed by atoms with Gasteiger partial charge in [0.2, 0.25) is 5.91 Å². The lowest BCUT2D eigenvalue weighted by atomic mass is 9.65. The monoisotopic (exact) mass is 330 g/mol. The molecule has 1 unspecified atom stereocenters. The van der Waals surface area contributed by atoms with Crippen molar-refractivity contribution in [1.82, 2.24) is 10.2 Å². The fourth-order valence-electron chi connectivity index (χ4n) is 4.20. The van der Waals surface area contributed by atoms with Gasteiger partial charge in [0.1, 0.15) is 6.61 Å². The highest BCUT2D eigenvalue weighted by molar-refractivity contribution is 5.82. The molecule has 0 radical (unpaired) electrons. The van der Waals surface area contributed by atoms with Crippen molar-refractivity contribution in [3.8, 4) is 0 Å². The molecule has 128 valence electrons. The Bertz CT molecular complexity index is 644. The van der Waals surface area contributed by atoms with Crippen LogP contribution in [0.1, 0.15) is 24.8 Å². The summed E-state index contributed by atoms with van der Waals surface area (Å²) < 4.78 is 10.9. The van der Waals surface area contributed by atoms with E-state index in [1.165, 1.54) is 0 Å². The van der Waals surface area contributed by atoms with Gasteiger partial charge < -0.3 is 19.7 Å². The number of rotatable bonds is 2. The van der Waals surface area contributed by atoms with Gasteiger partial charge in [-0.1, -0.05) is 30.3 Å². The number of carbonyl (C=O) groups excluding carboxylic acids is 2. The first-order valence-electron chi connectivity index (χ1n) is 8.47. The summed E-state index contributed by atoms with van der Waals surface area (Å²) in [6.45, 7) is 2.64. The molecule has 2 spiro atoms.